The first-order valence-electron chi connectivity index (χ1n) is 18.2. The van der Waals surface area contributed by atoms with Crippen LogP contribution in [0.15, 0.2) is 30.3 Å². The molecule has 57 heavy (non-hydrogen) atoms. The Kier molecular flexibility index (Phi) is 18.5. The Morgan fingerprint density at radius 1 is 0.702 bits per heavy atom. The van der Waals surface area contributed by atoms with Crippen LogP contribution in [0.25, 0.3) is 0 Å². The van der Waals surface area contributed by atoms with Gasteiger partial charge in [0.2, 0.25) is 35.4 Å². The summed E-state index contributed by atoms with van der Waals surface area (Å²) in [5.41, 5.74) is 6.35. The van der Waals surface area contributed by atoms with Crippen molar-refractivity contribution in [3.8, 4) is 0 Å². The Hall–Kier alpha value is -6.12. The monoisotopic (exact) mass is 805 g/mol. The van der Waals surface area contributed by atoms with Crippen LogP contribution in [0.4, 0.5) is 0 Å². The molecular weight excluding hydrogens is 754 g/mol. The Bertz CT molecular complexity index is 1660. The van der Waals surface area contributed by atoms with Gasteiger partial charge in [0.05, 0.1) is 12.5 Å². The van der Waals surface area contributed by atoms with Crippen molar-refractivity contribution >= 4 is 59.3 Å². The predicted octanol–water partition coefficient (Wildman–Crippen LogP) is -2.06. The van der Waals surface area contributed by atoms with E-state index in [1.54, 1.807) is 44.2 Å². The highest BCUT2D eigenvalue weighted by molar-refractivity contribution is 5.98. The number of benzene rings is 1. The number of nitrogens with two attached hydrogens (primary N) is 1. The number of likely N-dealkylation sites (tertiary alicyclic amines) is 1. The Labute approximate surface area is 327 Å². The average Bonchev–Trinajstić information content (AvgIpc) is 3.63. The summed E-state index contributed by atoms with van der Waals surface area (Å²) in [5, 5.41) is 48.8. The molecule has 7 atom stereocenters. The summed E-state index contributed by atoms with van der Waals surface area (Å²) in [6.07, 6.45) is -2.65. The lowest BCUT2D eigenvalue weighted by Crippen LogP contribution is -2.60. The molecule has 0 aromatic heterocycles. The molecule has 1 fully saturated rings. The van der Waals surface area contributed by atoms with Crippen LogP contribution in [0.1, 0.15) is 71.3 Å². The molecule has 1 aromatic carbocycles. The van der Waals surface area contributed by atoms with E-state index in [0.717, 1.165) is 0 Å². The Morgan fingerprint density at radius 3 is 1.77 bits per heavy atom. The largest absolute Gasteiger partial charge is 0.481 e. The quantitative estimate of drug-likeness (QED) is 0.0568. The van der Waals surface area contributed by atoms with Crippen molar-refractivity contribution < 1.29 is 68.4 Å². The van der Waals surface area contributed by atoms with E-state index in [4.69, 9.17) is 10.8 Å². The van der Waals surface area contributed by atoms with E-state index in [-0.39, 0.29) is 19.4 Å². The molecule has 1 aliphatic rings. The second-order valence-corrected chi connectivity index (χ2v) is 13.9. The van der Waals surface area contributed by atoms with Crippen LogP contribution in [0.5, 0.6) is 0 Å². The number of carbonyl (C=O) groups excluding carboxylic acids is 6. The van der Waals surface area contributed by atoms with Gasteiger partial charge in [-0.3, -0.25) is 47.9 Å². The number of amides is 6. The Morgan fingerprint density at radius 2 is 1.25 bits per heavy atom. The Balaban J connectivity index is 2.34. The molecule has 1 saturated heterocycles. The van der Waals surface area contributed by atoms with Crippen molar-refractivity contribution in [3.05, 3.63) is 35.9 Å². The molecule has 0 aliphatic carbocycles. The van der Waals surface area contributed by atoms with Gasteiger partial charge in [-0.05, 0) is 44.1 Å². The summed E-state index contributed by atoms with van der Waals surface area (Å²) >= 11 is 0. The van der Waals surface area contributed by atoms with Crippen LogP contribution in [0, 0.1) is 5.92 Å². The molecule has 0 bridgehead atoms. The summed E-state index contributed by atoms with van der Waals surface area (Å²) in [6.45, 7) is 4.32. The zero-order valence-electron chi connectivity index (χ0n) is 31.8. The lowest BCUT2D eigenvalue weighted by molar-refractivity contribution is -0.143. The normalized spacial score (nSPS) is 16.8. The first kappa shape index (κ1) is 47.0. The van der Waals surface area contributed by atoms with E-state index < -0.39 is 140 Å². The molecule has 6 amide bonds. The number of aliphatic carboxylic acids is 4. The molecule has 0 saturated carbocycles. The minimum Gasteiger partial charge on any atom is -0.481 e. The number of nitrogens with zero attached hydrogens (tertiary/aromatic N) is 1. The maximum Gasteiger partial charge on any atom is 0.325 e. The highest BCUT2D eigenvalue weighted by Crippen LogP contribution is 2.21. The van der Waals surface area contributed by atoms with Gasteiger partial charge in [0.25, 0.3) is 0 Å². The fourth-order valence-corrected chi connectivity index (χ4v) is 5.88. The summed E-state index contributed by atoms with van der Waals surface area (Å²) in [5.74, 6) is -11.5. The molecule has 21 heteroatoms. The molecule has 2 rings (SSSR count). The van der Waals surface area contributed by atoms with Crippen LogP contribution >= 0.6 is 0 Å². The fraction of sp³-hybridized carbons (Fsp3) is 0.556. The molecule has 11 N–H and O–H groups in total. The number of carboxylic acid groups (broad SMARTS) is 4. The van der Waals surface area contributed by atoms with Crippen LogP contribution < -0.4 is 32.3 Å². The van der Waals surface area contributed by atoms with E-state index in [2.05, 4.69) is 26.6 Å². The minimum atomic E-state index is -1.62. The van der Waals surface area contributed by atoms with E-state index in [1.165, 1.54) is 11.8 Å². The second-order valence-electron chi connectivity index (χ2n) is 13.9. The van der Waals surface area contributed by atoms with Crippen LogP contribution in [0.2, 0.25) is 0 Å². The third-order valence-corrected chi connectivity index (χ3v) is 9.00. The zero-order chi connectivity index (χ0) is 43.0. The maximum atomic E-state index is 14.0. The van der Waals surface area contributed by atoms with Gasteiger partial charge >= 0.3 is 23.9 Å². The van der Waals surface area contributed by atoms with Crippen LogP contribution in [-0.4, -0.2) is 133 Å². The fourth-order valence-electron chi connectivity index (χ4n) is 5.88. The van der Waals surface area contributed by atoms with Gasteiger partial charge in [-0.15, -0.1) is 0 Å². The predicted molar refractivity (Wildman–Crippen MR) is 197 cm³/mol. The summed E-state index contributed by atoms with van der Waals surface area (Å²) in [7, 11) is 0. The van der Waals surface area contributed by atoms with Crippen molar-refractivity contribution in [3.63, 3.8) is 0 Å². The smallest absolute Gasteiger partial charge is 0.325 e. The van der Waals surface area contributed by atoms with Gasteiger partial charge in [0.15, 0.2) is 0 Å². The molecule has 314 valence electrons. The van der Waals surface area contributed by atoms with E-state index >= 15 is 0 Å². The van der Waals surface area contributed by atoms with Gasteiger partial charge in [-0.25, -0.2) is 0 Å². The van der Waals surface area contributed by atoms with Crippen molar-refractivity contribution in [2.75, 3.05) is 6.54 Å². The molecular formula is C36H51N7O14. The number of nitrogens with one attached hydrogen (secondary N) is 5. The van der Waals surface area contributed by atoms with Crippen LogP contribution in [0.3, 0.4) is 0 Å². The van der Waals surface area contributed by atoms with Crippen molar-refractivity contribution in [1.29, 1.82) is 0 Å². The van der Waals surface area contributed by atoms with Gasteiger partial charge < -0.3 is 57.6 Å². The molecule has 21 nitrogen and oxygen atoms in total. The number of carboxylic acids is 4. The highest BCUT2D eigenvalue weighted by atomic mass is 16.4. The molecule has 0 radical (unpaired) electrons. The van der Waals surface area contributed by atoms with Gasteiger partial charge in [-0.2, -0.15) is 0 Å². The van der Waals surface area contributed by atoms with Gasteiger partial charge in [0, 0.05) is 25.8 Å². The molecule has 1 heterocycles. The summed E-state index contributed by atoms with van der Waals surface area (Å²) < 4.78 is 0. The zero-order valence-corrected chi connectivity index (χ0v) is 31.8. The molecule has 0 spiro atoms. The highest BCUT2D eigenvalue weighted by Gasteiger charge is 2.40. The van der Waals surface area contributed by atoms with Gasteiger partial charge in [0.1, 0.15) is 36.3 Å². The number of carbonyl (C=O) groups is 10. The minimum absolute atomic E-state index is 0.0402. The van der Waals surface area contributed by atoms with Crippen LogP contribution in [-0.2, 0) is 54.4 Å². The number of hydrogen-bond acceptors (Lipinski definition) is 11. The number of hydrogen-bond donors (Lipinski definition) is 10. The topological polar surface area (TPSA) is 341 Å². The van der Waals surface area contributed by atoms with E-state index in [0.29, 0.717) is 12.0 Å². The average molecular weight is 806 g/mol. The summed E-state index contributed by atoms with van der Waals surface area (Å²) in [4.78, 5) is 127. The maximum absolute atomic E-state index is 14.0. The standard InChI is InChI=1S/C36H51N7O14/c1-18(2)29(34(54)38-19(3)36(56)57)42-32(52)23(12-14-27(46)47)39-31(51)22(11-13-26(44)45)40-33(53)25-10-7-15-43(25)35(55)24(16-20-8-5-4-6-9-20)41-30(50)21(37)17-28(48)49/h4-6,8-9,18-19,21-25,29H,7,10-17,37H2,1-3H3,(H,38,54)(H,39,51)(H,40,53)(H,41,50)(H,42,52)(H,44,45)(H,46,47)(H,48,49)(H,56,57)/t19-,21-,22-,23-,24-,25-,29-/m0/s1. The molecule has 1 aromatic rings. The lowest BCUT2D eigenvalue weighted by atomic mass is 10.0. The molecule has 0 unspecified atom stereocenters. The SMILES string of the molecule is CC(C)[C@H](NC(=O)[C@H](CCC(=O)O)NC(=O)[C@H](CCC(=O)O)NC(=O)[C@@H]1CCCN1C(=O)[C@H](Cc1ccccc1)NC(=O)[C@@H](N)CC(=O)O)C(=O)N[C@@H](C)C(=O)O. The van der Waals surface area contributed by atoms with Crippen molar-refractivity contribution in [2.45, 2.75) is 114 Å². The third-order valence-electron chi connectivity index (χ3n) is 9.00. The lowest BCUT2D eigenvalue weighted by Gasteiger charge is -2.30. The van der Waals surface area contributed by atoms with E-state index in [9.17, 15) is 63.3 Å². The number of rotatable bonds is 23. The first-order chi connectivity index (χ1) is 26.7. The third kappa shape index (κ3) is 15.5. The second kappa shape index (κ2) is 22.4. The van der Waals surface area contributed by atoms with Crippen molar-refractivity contribution in [2.24, 2.45) is 11.7 Å². The van der Waals surface area contributed by atoms with E-state index in [1.807, 2.05) is 0 Å². The summed E-state index contributed by atoms with van der Waals surface area (Å²) in [6, 6.07) is -1.40. The molecule has 1 aliphatic heterocycles. The van der Waals surface area contributed by atoms with Gasteiger partial charge in [-0.1, -0.05) is 44.2 Å². The first-order valence-corrected chi connectivity index (χ1v) is 18.2. The van der Waals surface area contributed by atoms with Crippen molar-refractivity contribution in [1.82, 2.24) is 31.5 Å².